The van der Waals surface area contributed by atoms with Gasteiger partial charge in [-0.1, -0.05) is 6.92 Å². The van der Waals surface area contributed by atoms with Crippen LogP contribution in [0.25, 0.3) is 0 Å². The first-order valence-electron chi connectivity index (χ1n) is 7.69. The van der Waals surface area contributed by atoms with Crippen molar-refractivity contribution in [2.45, 2.75) is 32.2 Å². The normalized spacial score (nSPS) is 16.0. The summed E-state index contributed by atoms with van der Waals surface area (Å²) in [5, 5.41) is 14.9. The molecule has 0 aromatic carbocycles. The maximum absolute atomic E-state index is 11.7. The Morgan fingerprint density at radius 3 is 2.77 bits per heavy atom. The van der Waals surface area contributed by atoms with Gasteiger partial charge >= 0.3 is 0 Å². The Morgan fingerprint density at radius 1 is 1.41 bits per heavy atom. The van der Waals surface area contributed by atoms with Crippen LogP contribution >= 0.6 is 0 Å². The van der Waals surface area contributed by atoms with Crippen molar-refractivity contribution in [3.63, 3.8) is 0 Å². The number of rotatable bonds is 6. The lowest BCUT2D eigenvalue weighted by Gasteiger charge is -2.32. The fraction of sp³-hybridized carbons (Fsp3) is 0.600. The van der Waals surface area contributed by atoms with E-state index in [1.807, 2.05) is 13.0 Å². The van der Waals surface area contributed by atoms with E-state index in [0.29, 0.717) is 24.1 Å². The molecule has 1 aromatic heterocycles. The summed E-state index contributed by atoms with van der Waals surface area (Å²) in [4.78, 5) is 22.0. The number of nitriles is 1. The Balaban J connectivity index is 1.72. The molecule has 0 saturated carbocycles. The topological polar surface area (TPSA) is 93.9 Å². The molecule has 0 bridgehead atoms. The van der Waals surface area contributed by atoms with Gasteiger partial charge in [0.05, 0.1) is 18.9 Å². The minimum Gasteiger partial charge on any atom is -0.366 e. The van der Waals surface area contributed by atoms with Gasteiger partial charge < -0.3 is 10.6 Å². The van der Waals surface area contributed by atoms with E-state index in [2.05, 4.69) is 25.5 Å². The zero-order valence-corrected chi connectivity index (χ0v) is 12.9. The van der Waals surface area contributed by atoms with Crippen molar-refractivity contribution in [3.8, 4) is 6.07 Å². The molecule has 0 aliphatic carbocycles. The number of likely N-dealkylation sites (tertiary alicyclic amines) is 1. The predicted molar refractivity (Wildman–Crippen MR) is 83.1 cm³/mol. The largest absolute Gasteiger partial charge is 0.366 e. The van der Waals surface area contributed by atoms with Crippen LogP contribution in [-0.4, -0.2) is 53.0 Å². The molecule has 0 atom stereocenters. The number of piperidine rings is 1. The molecule has 0 spiro atoms. The summed E-state index contributed by atoms with van der Waals surface area (Å²) in [5.41, 5.74) is 0.318. The van der Waals surface area contributed by atoms with Crippen LogP contribution in [0.3, 0.4) is 0 Å². The van der Waals surface area contributed by atoms with Gasteiger partial charge in [-0.2, -0.15) is 5.26 Å². The van der Waals surface area contributed by atoms with E-state index in [9.17, 15) is 4.79 Å². The molecule has 1 saturated heterocycles. The SMILES string of the molecule is CCCNC(=O)CN1CCC(Nc2cnc(C#N)cn2)CC1. The summed E-state index contributed by atoms with van der Waals surface area (Å²) >= 11 is 0. The fourth-order valence-corrected chi connectivity index (χ4v) is 2.43. The van der Waals surface area contributed by atoms with E-state index in [4.69, 9.17) is 5.26 Å². The van der Waals surface area contributed by atoms with Crippen LogP contribution in [0.1, 0.15) is 31.9 Å². The molecule has 1 amide bonds. The molecule has 7 nitrogen and oxygen atoms in total. The second kappa shape index (κ2) is 8.29. The van der Waals surface area contributed by atoms with Crippen LogP contribution in [0, 0.1) is 11.3 Å². The number of amides is 1. The molecule has 2 N–H and O–H groups in total. The average Bonchev–Trinajstić information content (AvgIpc) is 2.55. The smallest absolute Gasteiger partial charge is 0.234 e. The summed E-state index contributed by atoms with van der Waals surface area (Å²) in [5.74, 6) is 0.796. The summed E-state index contributed by atoms with van der Waals surface area (Å²) in [7, 11) is 0. The van der Waals surface area contributed by atoms with Crippen molar-refractivity contribution in [3.05, 3.63) is 18.1 Å². The number of hydrogen-bond donors (Lipinski definition) is 2. The molecule has 7 heteroatoms. The second-order valence-electron chi connectivity index (χ2n) is 5.44. The average molecular weight is 302 g/mol. The molecule has 0 unspecified atom stereocenters. The molecule has 1 aliphatic heterocycles. The van der Waals surface area contributed by atoms with Gasteiger partial charge in [0, 0.05) is 25.7 Å². The second-order valence-corrected chi connectivity index (χ2v) is 5.44. The lowest BCUT2D eigenvalue weighted by molar-refractivity contribution is -0.122. The van der Waals surface area contributed by atoms with Gasteiger partial charge in [0.2, 0.25) is 5.91 Å². The van der Waals surface area contributed by atoms with E-state index < -0.39 is 0 Å². The lowest BCUT2D eigenvalue weighted by atomic mass is 10.1. The van der Waals surface area contributed by atoms with E-state index in [0.717, 1.165) is 38.9 Å². The third-order valence-corrected chi connectivity index (χ3v) is 3.65. The number of aromatic nitrogens is 2. The van der Waals surface area contributed by atoms with Gasteiger partial charge in [-0.25, -0.2) is 9.97 Å². The zero-order valence-electron chi connectivity index (χ0n) is 12.9. The molecule has 0 radical (unpaired) electrons. The summed E-state index contributed by atoms with van der Waals surface area (Å²) in [6.07, 6.45) is 5.94. The molecule has 2 heterocycles. The highest BCUT2D eigenvalue weighted by molar-refractivity contribution is 5.77. The third kappa shape index (κ3) is 4.97. The van der Waals surface area contributed by atoms with Crippen molar-refractivity contribution in [2.75, 3.05) is 31.5 Å². The number of carbonyl (C=O) groups excluding carboxylic acids is 1. The van der Waals surface area contributed by atoms with Crippen LogP contribution in [0.4, 0.5) is 5.82 Å². The first kappa shape index (κ1) is 16.2. The van der Waals surface area contributed by atoms with Crippen LogP contribution in [0.2, 0.25) is 0 Å². The van der Waals surface area contributed by atoms with E-state index in [1.54, 1.807) is 6.20 Å². The number of nitrogens with zero attached hydrogens (tertiary/aromatic N) is 4. The van der Waals surface area contributed by atoms with E-state index in [1.165, 1.54) is 6.20 Å². The Hall–Kier alpha value is -2.20. The van der Waals surface area contributed by atoms with Gasteiger partial charge in [-0.3, -0.25) is 9.69 Å². The van der Waals surface area contributed by atoms with Gasteiger partial charge in [-0.15, -0.1) is 0 Å². The highest BCUT2D eigenvalue weighted by atomic mass is 16.2. The van der Waals surface area contributed by atoms with Crippen molar-refractivity contribution < 1.29 is 4.79 Å². The van der Waals surface area contributed by atoms with Crippen LogP contribution in [0.5, 0.6) is 0 Å². The number of anilines is 1. The minimum absolute atomic E-state index is 0.103. The molecule has 1 aliphatic rings. The van der Waals surface area contributed by atoms with E-state index in [-0.39, 0.29) is 5.91 Å². The molecule has 22 heavy (non-hydrogen) atoms. The summed E-state index contributed by atoms with van der Waals surface area (Å²) < 4.78 is 0. The molecule has 1 fully saturated rings. The summed E-state index contributed by atoms with van der Waals surface area (Å²) in [6, 6.07) is 2.28. The van der Waals surface area contributed by atoms with Gasteiger partial charge in [-0.05, 0) is 19.3 Å². The van der Waals surface area contributed by atoms with Crippen LogP contribution < -0.4 is 10.6 Å². The van der Waals surface area contributed by atoms with Gasteiger partial charge in [0.1, 0.15) is 11.9 Å². The van der Waals surface area contributed by atoms with E-state index >= 15 is 0 Å². The van der Waals surface area contributed by atoms with Crippen molar-refractivity contribution in [1.29, 1.82) is 5.26 Å². The standard InChI is InChI=1S/C15H22N6O/c1-2-5-17-15(22)11-21-6-3-12(4-7-21)20-14-10-18-13(8-16)9-19-14/h9-10,12H,2-7,11H2,1H3,(H,17,22)(H,19,20). The van der Waals surface area contributed by atoms with Gasteiger partial charge in [0.15, 0.2) is 5.69 Å². The number of carbonyl (C=O) groups is 1. The van der Waals surface area contributed by atoms with Crippen molar-refractivity contribution >= 4 is 11.7 Å². The van der Waals surface area contributed by atoms with Gasteiger partial charge in [0.25, 0.3) is 0 Å². The third-order valence-electron chi connectivity index (χ3n) is 3.65. The highest BCUT2D eigenvalue weighted by Crippen LogP contribution is 2.14. The Kier molecular flexibility index (Phi) is 6.10. The Bertz CT molecular complexity index is 516. The zero-order chi connectivity index (χ0) is 15.8. The summed E-state index contributed by atoms with van der Waals surface area (Å²) in [6.45, 7) is 5.04. The Labute approximate surface area is 130 Å². The maximum Gasteiger partial charge on any atom is 0.234 e. The molecular weight excluding hydrogens is 280 g/mol. The Morgan fingerprint density at radius 2 is 2.18 bits per heavy atom. The first-order valence-corrected chi connectivity index (χ1v) is 7.69. The first-order chi connectivity index (χ1) is 10.7. The van der Waals surface area contributed by atoms with Crippen LogP contribution in [0.15, 0.2) is 12.4 Å². The quantitative estimate of drug-likeness (QED) is 0.805. The molecule has 118 valence electrons. The number of nitrogens with one attached hydrogen (secondary N) is 2. The lowest BCUT2D eigenvalue weighted by Crippen LogP contribution is -2.44. The molecular formula is C15H22N6O. The van der Waals surface area contributed by atoms with Crippen molar-refractivity contribution in [1.82, 2.24) is 20.2 Å². The minimum atomic E-state index is 0.103. The highest BCUT2D eigenvalue weighted by Gasteiger charge is 2.20. The number of hydrogen-bond acceptors (Lipinski definition) is 6. The molecule has 1 aromatic rings. The fourth-order valence-electron chi connectivity index (χ4n) is 2.43. The maximum atomic E-state index is 11.7. The van der Waals surface area contributed by atoms with Crippen molar-refractivity contribution in [2.24, 2.45) is 0 Å². The predicted octanol–water partition coefficient (Wildman–Crippen LogP) is 0.751. The monoisotopic (exact) mass is 302 g/mol. The molecule has 2 rings (SSSR count). The van der Waals surface area contributed by atoms with Crippen LogP contribution in [-0.2, 0) is 4.79 Å².